The van der Waals surface area contributed by atoms with E-state index in [-0.39, 0.29) is 5.78 Å². The molecule has 0 bridgehead atoms. The average Bonchev–Trinajstić information content (AvgIpc) is 2.71. The first-order chi connectivity index (χ1) is 6.77. The van der Waals surface area contributed by atoms with Crippen molar-refractivity contribution in [2.75, 3.05) is 6.61 Å². The lowest BCUT2D eigenvalue weighted by molar-refractivity contribution is 0.0942. The molecule has 0 unspecified atom stereocenters. The van der Waals surface area contributed by atoms with Crippen molar-refractivity contribution < 1.29 is 9.53 Å². The van der Waals surface area contributed by atoms with Gasteiger partial charge in [-0.3, -0.25) is 9.78 Å². The highest BCUT2D eigenvalue weighted by atomic mass is 16.5. The molecule has 14 heavy (non-hydrogen) atoms. The topological polar surface area (TPSA) is 39.2 Å². The molecule has 1 aliphatic heterocycles. The summed E-state index contributed by atoms with van der Waals surface area (Å²) in [5.41, 5.74) is 1.49. The van der Waals surface area contributed by atoms with Crippen LogP contribution in [0, 0.1) is 6.92 Å². The van der Waals surface area contributed by atoms with Gasteiger partial charge in [-0.05, 0) is 25.1 Å². The van der Waals surface area contributed by atoms with E-state index in [2.05, 4.69) is 4.98 Å². The number of allylic oxidation sites excluding steroid dienone is 1. The lowest BCUT2D eigenvalue weighted by atomic mass is 10.1. The molecule has 0 fully saturated rings. The number of Topliss-reactive ketones (excluding diaryl/α,β-unsaturated/α-hetero) is 1. The summed E-state index contributed by atoms with van der Waals surface area (Å²) >= 11 is 0. The summed E-state index contributed by atoms with van der Waals surface area (Å²) in [6, 6.07) is 3.59. The van der Waals surface area contributed by atoms with Gasteiger partial charge in [-0.25, -0.2) is 0 Å². The van der Waals surface area contributed by atoms with E-state index in [9.17, 15) is 4.79 Å². The molecule has 0 atom stereocenters. The molecular formula is C11H11NO2. The molecule has 0 aliphatic carbocycles. The highest BCUT2D eigenvalue weighted by Gasteiger charge is 2.16. The van der Waals surface area contributed by atoms with Crippen LogP contribution in [0.25, 0.3) is 0 Å². The first-order valence-corrected chi connectivity index (χ1v) is 4.58. The van der Waals surface area contributed by atoms with Gasteiger partial charge in [0.15, 0.2) is 5.76 Å². The number of carbonyl (C=O) groups excluding carboxylic acids is 1. The van der Waals surface area contributed by atoms with E-state index >= 15 is 0 Å². The van der Waals surface area contributed by atoms with Gasteiger partial charge in [0.05, 0.1) is 6.61 Å². The van der Waals surface area contributed by atoms with Crippen LogP contribution in [-0.4, -0.2) is 17.4 Å². The highest BCUT2D eigenvalue weighted by molar-refractivity contribution is 6.07. The quantitative estimate of drug-likeness (QED) is 0.667. The number of pyridine rings is 1. The van der Waals surface area contributed by atoms with Gasteiger partial charge in [-0.2, -0.15) is 0 Å². The predicted octanol–water partition coefficient (Wildman–Crippen LogP) is 1.88. The van der Waals surface area contributed by atoms with Crippen LogP contribution in [0.1, 0.15) is 22.5 Å². The molecule has 1 aliphatic rings. The van der Waals surface area contributed by atoms with Crippen molar-refractivity contribution in [2.24, 2.45) is 0 Å². The van der Waals surface area contributed by atoms with Crippen LogP contribution in [0.4, 0.5) is 0 Å². The number of aryl methyl sites for hydroxylation is 1. The standard InChI is InChI=1S/C11H11NO2/c1-8-4-5-9(7-12-8)11(13)10-3-2-6-14-10/h3-5,7H,2,6H2,1H3. The average molecular weight is 189 g/mol. The molecule has 0 amide bonds. The van der Waals surface area contributed by atoms with Gasteiger partial charge in [-0.15, -0.1) is 0 Å². The van der Waals surface area contributed by atoms with Crippen LogP contribution in [-0.2, 0) is 4.74 Å². The van der Waals surface area contributed by atoms with Crippen molar-refractivity contribution in [3.05, 3.63) is 41.4 Å². The first-order valence-electron chi connectivity index (χ1n) is 4.58. The Labute approximate surface area is 82.4 Å². The minimum Gasteiger partial charge on any atom is -0.489 e. The first kappa shape index (κ1) is 8.94. The van der Waals surface area contributed by atoms with E-state index in [0.717, 1.165) is 12.1 Å². The number of nitrogens with zero attached hydrogens (tertiary/aromatic N) is 1. The Kier molecular flexibility index (Phi) is 2.31. The summed E-state index contributed by atoms with van der Waals surface area (Å²) < 4.78 is 5.18. The maximum Gasteiger partial charge on any atom is 0.228 e. The molecule has 2 rings (SSSR count). The Morgan fingerprint density at radius 3 is 2.93 bits per heavy atom. The lowest BCUT2D eigenvalue weighted by Gasteiger charge is -2.02. The van der Waals surface area contributed by atoms with Gasteiger partial charge < -0.3 is 4.74 Å². The van der Waals surface area contributed by atoms with E-state index in [1.807, 2.05) is 19.1 Å². The highest BCUT2D eigenvalue weighted by Crippen LogP contribution is 2.15. The molecular weight excluding hydrogens is 178 g/mol. The Balaban J connectivity index is 2.22. The minimum absolute atomic E-state index is 0.0741. The van der Waals surface area contributed by atoms with E-state index in [0.29, 0.717) is 17.9 Å². The number of carbonyl (C=O) groups is 1. The van der Waals surface area contributed by atoms with Crippen molar-refractivity contribution in [3.8, 4) is 0 Å². The molecule has 0 N–H and O–H groups in total. The smallest absolute Gasteiger partial charge is 0.228 e. The Morgan fingerprint density at radius 1 is 1.50 bits per heavy atom. The second-order valence-electron chi connectivity index (χ2n) is 3.22. The van der Waals surface area contributed by atoms with Crippen molar-refractivity contribution in [1.82, 2.24) is 4.98 Å². The Bertz CT molecular complexity index is 379. The molecule has 1 aromatic rings. The summed E-state index contributed by atoms with van der Waals surface area (Å²) in [7, 11) is 0. The molecule has 0 saturated heterocycles. The van der Waals surface area contributed by atoms with Gasteiger partial charge in [0.25, 0.3) is 0 Å². The lowest BCUT2D eigenvalue weighted by Crippen LogP contribution is -2.04. The van der Waals surface area contributed by atoms with Crippen LogP contribution in [0.3, 0.4) is 0 Å². The van der Waals surface area contributed by atoms with Gasteiger partial charge in [-0.1, -0.05) is 0 Å². The fraction of sp³-hybridized carbons (Fsp3) is 0.273. The van der Waals surface area contributed by atoms with Crippen LogP contribution >= 0.6 is 0 Å². The van der Waals surface area contributed by atoms with Crippen LogP contribution < -0.4 is 0 Å². The maximum atomic E-state index is 11.7. The summed E-state index contributed by atoms with van der Waals surface area (Å²) in [5, 5.41) is 0. The van der Waals surface area contributed by atoms with E-state index in [1.54, 1.807) is 12.3 Å². The summed E-state index contributed by atoms with van der Waals surface area (Å²) in [4.78, 5) is 15.8. The molecule has 3 nitrogen and oxygen atoms in total. The zero-order valence-corrected chi connectivity index (χ0v) is 7.99. The minimum atomic E-state index is -0.0741. The Morgan fingerprint density at radius 2 is 2.36 bits per heavy atom. The van der Waals surface area contributed by atoms with Crippen molar-refractivity contribution in [3.63, 3.8) is 0 Å². The van der Waals surface area contributed by atoms with Crippen molar-refractivity contribution in [1.29, 1.82) is 0 Å². The monoisotopic (exact) mass is 189 g/mol. The second-order valence-corrected chi connectivity index (χ2v) is 3.22. The summed E-state index contributed by atoms with van der Waals surface area (Å²) in [5.74, 6) is 0.380. The third-order valence-corrected chi connectivity index (χ3v) is 2.10. The van der Waals surface area contributed by atoms with Gasteiger partial charge >= 0.3 is 0 Å². The molecule has 0 spiro atoms. The Hall–Kier alpha value is -1.64. The summed E-state index contributed by atoms with van der Waals surface area (Å²) in [6.07, 6.45) is 4.22. The second kappa shape index (κ2) is 3.62. The van der Waals surface area contributed by atoms with Crippen molar-refractivity contribution >= 4 is 5.78 Å². The van der Waals surface area contributed by atoms with Crippen LogP contribution in [0.5, 0.6) is 0 Å². The zero-order chi connectivity index (χ0) is 9.97. The fourth-order valence-electron chi connectivity index (χ4n) is 1.32. The largest absolute Gasteiger partial charge is 0.489 e. The third kappa shape index (κ3) is 1.66. The number of rotatable bonds is 2. The molecule has 1 aromatic heterocycles. The molecule has 72 valence electrons. The van der Waals surface area contributed by atoms with Gasteiger partial charge in [0, 0.05) is 23.9 Å². The maximum absolute atomic E-state index is 11.7. The molecule has 2 heterocycles. The fourth-order valence-corrected chi connectivity index (χ4v) is 1.32. The van der Waals surface area contributed by atoms with Crippen molar-refractivity contribution in [2.45, 2.75) is 13.3 Å². The number of ketones is 1. The number of aromatic nitrogens is 1. The number of hydrogen-bond acceptors (Lipinski definition) is 3. The zero-order valence-electron chi connectivity index (χ0n) is 7.99. The van der Waals surface area contributed by atoms with Crippen LogP contribution in [0.15, 0.2) is 30.2 Å². The summed E-state index contributed by atoms with van der Waals surface area (Å²) in [6.45, 7) is 2.50. The molecule has 0 aromatic carbocycles. The molecule has 3 heteroatoms. The molecule has 0 radical (unpaired) electrons. The van der Waals surface area contributed by atoms with E-state index in [4.69, 9.17) is 4.74 Å². The van der Waals surface area contributed by atoms with Gasteiger partial charge in [0.1, 0.15) is 0 Å². The number of hydrogen-bond donors (Lipinski definition) is 0. The third-order valence-electron chi connectivity index (χ3n) is 2.10. The predicted molar refractivity (Wildman–Crippen MR) is 52.0 cm³/mol. The van der Waals surface area contributed by atoms with E-state index in [1.165, 1.54) is 0 Å². The van der Waals surface area contributed by atoms with E-state index < -0.39 is 0 Å². The normalized spacial score (nSPS) is 14.8. The van der Waals surface area contributed by atoms with Gasteiger partial charge in [0.2, 0.25) is 5.78 Å². The van der Waals surface area contributed by atoms with Crippen LogP contribution in [0.2, 0.25) is 0 Å². The SMILES string of the molecule is Cc1ccc(C(=O)C2=CCCO2)cn1. The number of ether oxygens (including phenoxy) is 1. The molecule has 0 saturated carbocycles.